The van der Waals surface area contributed by atoms with Crippen molar-refractivity contribution in [3.63, 3.8) is 0 Å². The number of hydrogen-bond donors (Lipinski definition) is 1. The summed E-state index contributed by atoms with van der Waals surface area (Å²) < 4.78 is 34.8. The van der Waals surface area contributed by atoms with Gasteiger partial charge < -0.3 is 14.2 Å². The van der Waals surface area contributed by atoms with Crippen molar-refractivity contribution in [1.82, 2.24) is 14.2 Å². The first kappa shape index (κ1) is 18.2. The number of nitrogens with zero attached hydrogens (tertiary/aromatic N) is 2. The molecule has 2 heterocycles. The molecule has 8 heteroatoms. The van der Waals surface area contributed by atoms with Gasteiger partial charge in [0.2, 0.25) is 10.0 Å². The Bertz CT molecular complexity index is 932. The van der Waals surface area contributed by atoms with Crippen molar-refractivity contribution < 1.29 is 17.9 Å². The van der Waals surface area contributed by atoms with E-state index in [1.807, 2.05) is 29.9 Å². The van der Waals surface area contributed by atoms with Crippen LogP contribution in [0.1, 0.15) is 34.9 Å². The third-order valence-corrected chi connectivity index (χ3v) is 6.56. The highest BCUT2D eigenvalue weighted by atomic mass is 32.2. The molecular weight excluding hydrogens is 366 g/mol. The van der Waals surface area contributed by atoms with Crippen LogP contribution >= 0.6 is 0 Å². The van der Waals surface area contributed by atoms with Crippen LogP contribution in [0.4, 0.5) is 0 Å². The van der Waals surface area contributed by atoms with Crippen molar-refractivity contribution >= 4 is 15.9 Å². The van der Waals surface area contributed by atoms with Gasteiger partial charge in [-0.05, 0) is 49.2 Å². The number of benzene rings is 1. The van der Waals surface area contributed by atoms with Crippen LogP contribution in [0.5, 0.6) is 0 Å². The molecule has 27 heavy (non-hydrogen) atoms. The van der Waals surface area contributed by atoms with Crippen LogP contribution in [0.2, 0.25) is 0 Å². The molecule has 7 nitrogen and oxygen atoms in total. The third kappa shape index (κ3) is 3.78. The van der Waals surface area contributed by atoms with Gasteiger partial charge in [-0.1, -0.05) is 0 Å². The van der Waals surface area contributed by atoms with Crippen molar-refractivity contribution in [3.8, 4) is 0 Å². The Balaban J connectivity index is 1.55. The molecular formula is C19H23N3O4S. The molecule has 1 amide bonds. The van der Waals surface area contributed by atoms with Crippen molar-refractivity contribution in [3.05, 3.63) is 53.9 Å². The fraction of sp³-hybridized carbons (Fsp3) is 0.421. The van der Waals surface area contributed by atoms with Crippen LogP contribution in [0.3, 0.4) is 0 Å². The van der Waals surface area contributed by atoms with E-state index in [1.165, 1.54) is 12.1 Å². The number of carbonyl (C=O) groups excluding carboxylic acids is 1. The largest absolute Gasteiger partial charge is 0.377 e. The van der Waals surface area contributed by atoms with Crippen LogP contribution in [0, 0.1) is 0 Å². The summed E-state index contributed by atoms with van der Waals surface area (Å²) in [5.41, 5.74) is 1.48. The fourth-order valence-electron chi connectivity index (χ4n) is 3.34. The van der Waals surface area contributed by atoms with Gasteiger partial charge in [0.15, 0.2) is 0 Å². The predicted octanol–water partition coefficient (Wildman–Crippen LogP) is 1.68. The number of hydrogen-bond acceptors (Lipinski definition) is 4. The maximum absolute atomic E-state index is 13.1. The third-order valence-electron chi connectivity index (χ3n) is 5.03. The highest BCUT2D eigenvalue weighted by Gasteiger charge is 2.31. The average Bonchev–Trinajstić information content (AvgIpc) is 3.37. The number of nitrogens with one attached hydrogen (secondary N) is 1. The molecule has 1 atom stereocenters. The van der Waals surface area contributed by atoms with Crippen LogP contribution in [-0.4, -0.2) is 49.6 Å². The van der Waals surface area contributed by atoms with E-state index in [-0.39, 0.29) is 22.9 Å². The second-order valence-corrected chi connectivity index (χ2v) is 8.77. The molecule has 2 fully saturated rings. The zero-order chi connectivity index (χ0) is 19.0. The van der Waals surface area contributed by atoms with Gasteiger partial charge in [0.1, 0.15) is 0 Å². The first-order chi connectivity index (χ1) is 13.0. The molecule has 1 N–H and O–H groups in total. The predicted molar refractivity (Wildman–Crippen MR) is 99.8 cm³/mol. The molecule has 4 rings (SSSR count). The van der Waals surface area contributed by atoms with Crippen molar-refractivity contribution in [2.45, 2.75) is 29.8 Å². The SMILES string of the molecule is Cn1cccc1C1COCCN1C(=O)c1ccc(S(=O)(=O)NC2CC2)cc1. The van der Waals surface area contributed by atoms with E-state index in [0.717, 1.165) is 18.5 Å². The summed E-state index contributed by atoms with van der Waals surface area (Å²) >= 11 is 0. The first-order valence-corrected chi connectivity index (χ1v) is 10.6. The summed E-state index contributed by atoms with van der Waals surface area (Å²) in [5, 5.41) is 0. The number of aromatic nitrogens is 1. The lowest BCUT2D eigenvalue weighted by molar-refractivity contribution is -0.00463. The molecule has 1 aromatic carbocycles. The number of rotatable bonds is 5. The van der Waals surface area contributed by atoms with Gasteiger partial charge in [-0.15, -0.1) is 0 Å². The van der Waals surface area contributed by atoms with Gasteiger partial charge in [0.05, 0.1) is 24.2 Å². The Morgan fingerprint density at radius 2 is 1.93 bits per heavy atom. The first-order valence-electron chi connectivity index (χ1n) is 9.08. The Morgan fingerprint density at radius 1 is 1.19 bits per heavy atom. The van der Waals surface area contributed by atoms with Gasteiger partial charge in [0.25, 0.3) is 5.91 Å². The van der Waals surface area contributed by atoms with Gasteiger partial charge >= 0.3 is 0 Å². The van der Waals surface area contributed by atoms with E-state index in [4.69, 9.17) is 4.74 Å². The average molecular weight is 389 g/mol. The summed E-state index contributed by atoms with van der Waals surface area (Å²) in [5.74, 6) is -0.122. The monoisotopic (exact) mass is 389 g/mol. The summed E-state index contributed by atoms with van der Waals surface area (Å²) in [4.78, 5) is 15.0. The Labute approximate surface area is 159 Å². The maximum atomic E-state index is 13.1. The number of carbonyl (C=O) groups is 1. The number of ether oxygens (including phenoxy) is 1. The van der Waals surface area contributed by atoms with E-state index in [0.29, 0.717) is 25.3 Å². The Morgan fingerprint density at radius 3 is 2.56 bits per heavy atom. The van der Waals surface area contributed by atoms with E-state index < -0.39 is 10.0 Å². The Kier molecular flexibility index (Phi) is 4.79. The van der Waals surface area contributed by atoms with Crippen LogP contribution in [0.25, 0.3) is 0 Å². The van der Waals surface area contributed by atoms with E-state index in [2.05, 4.69) is 4.72 Å². The highest BCUT2D eigenvalue weighted by molar-refractivity contribution is 7.89. The number of aryl methyl sites for hydroxylation is 1. The van der Waals surface area contributed by atoms with Gasteiger partial charge in [-0.3, -0.25) is 4.79 Å². The molecule has 0 bridgehead atoms. The minimum atomic E-state index is -3.51. The molecule has 144 valence electrons. The summed E-state index contributed by atoms with van der Waals surface area (Å²) in [6.07, 6.45) is 3.71. The minimum Gasteiger partial charge on any atom is -0.377 e. The summed E-state index contributed by atoms with van der Waals surface area (Å²) in [6, 6.07) is 9.98. The smallest absolute Gasteiger partial charge is 0.254 e. The van der Waals surface area contributed by atoms with Crippen molar-refractivity contribution in [1.29, 1.82) is 0 Å². The minimum absolute atomic E-state index is 0.0516. The van der Waals surface area contributed by atoms with E-state index in [9.17, 15) is 13.2 Å². The van der Waals surface area contributed by atoms with Gasteiger partial charge in [-0.25, -0.2) is 13.1 Å². The summed E-state index contributed by atoms with van der Waals surface area (Å²) in [6.45, 7) is 1.43. The molecule has 2 aliphatic rings. The molecule has 0 spiro atoms. The molecule has 0 radical (unpaired) electrons. The molecule has 1 aromatic heterocycles. The van der Waals surface area contributed by atoms with E-state index in [1.54, 1.807) is 17.0 Å². The second-order valence-electron chi connectivity index (χ2n) is 7.05. The molecule has 1 aliphatic carbocycles. The van der Waals surface area contributed by atoms with Crippen LogP contribution in [-0.2, 0) is 21.8 Å². The molecule has 2 aromatic rings. The van der Waals surface area contributed by atoms with Crippen molar-refractivity contribution in [2.24, 2.45) is 7.05 Å². The van der Waals surface area contributed by atoms with E-state index >= 15 is 0 Å². The zero-order valence-electron chi connectivity index (χ0n) is 15.2. The Hall–Kier alpha value is -2.16. The van der Waals surface area contributed by atoms with Gasteiger partial charge in [0, 0.05) is 37.1 Å². The normalized spacial score (nSPS) is 20.6. The van der Waals surface area contributed by atoms with Crippen molar-refractivity contribution in [2.75, 3.05) is 19.8 Å². The fourth-order valence-corrected chi connectivity index (χ4v) is 4.65. The van der Waals surface area contributed by atoms with Crippen LogP contribution < -0.4 is 4.72 Å². The molecule has 1 unspecified atom stereocenters. The zero-order valence-corrected chi connectivity index (χ0v) is 16.0. The molecule has 1 aliphatic heterocycles. The highest BCUT2D eigenvalue weighted by Crippen LogP contribution is 2.27. The van der Waals surface area contributed by atoms with Gasteiger partial charge in [-0.2, -0.15) is 0 Å². The topological polar surface area (TPSA) is 80.6 Å². The lowest BCUT2D eigenvalue weighted by Crippen LogP contribution is -2.44. The maximum Gasteiger partial charge on any atom is 0.254 e. The standard InChI is InChI=1S/C19H23N3O4S/c1-21-10-2-3-17(21)18-13-26-12-11-22(18)19(23)14-4-8-16(9-5-14)27(24,25)20-15-6-7-15/h2-5,8-10,15,18,20H,6-7,11-13H2,1H3. The number of amides is 1. The summed E-state index contributed by atoms with van der Waals surface area (Å²) in [7, 11) is -1.57. The lowest BCUT2D eigenvalue weighted by atomic mass is 10.1. The van der Waals surface area contributed by atoms with Crippen LogP contribution in [0.15, 0.2) is 47.5 Å². The number of morpholine rings is 1. The molecule has 1 saturated heterocycles. The number of sulfonamides is 1. The lowest BCUT2D eigenvalue weighted by Gasteiger charge is -2.36. The molecule has 1 saturated carbocycles. The quantitative estimate of drug-likeness (QED) is 0.844. The second kappa shape index (κ2) is 7.10.